The van der Waals surface area contributed by atoms with Crippen LogP contribution in [-0.2, 0) is 4.74 Å². The molecule has 0 bridgehead atoms. The molecule has 1 unspecified atom stereocenters. The average molecular weight is 294 g/mol. The summed E-state index contributed by atoms with van der Waals surface area (Å²) >= 11 is 0. The fourth-order valence-electron chi connectivity index (χ4n) is 2.31. The monoisotopic (exact) mass is 294 g/mol. The molecule has 8 nitrogen and oxygen atoms in total. The molecule has 1 atom stereocenters. The average Bonchev–Trinajstić information content (AvgIpc) is 2.70. The number of hydrogen-bond donors (Lipinski definition) is 2. The number of benzene rings is 1. The van der Waals surface area contributed by atoms with Crippen molar-refractivity contribution in [3.63, 3.8) is 0 Å². The lowest BCUT2D eigenvalue weighted by atomic mass is 10.1. The van der Waals surface area contributed by atoms with E-state index in [4.69, 9.17) is 10.6 Å². The molecule has 21 heavy (non-hydrogen) atoms. The van der Waals surface area contributed by atoms with Crippen LogP contribution in [0.1, 0.15) is 23.7 Å². The first kappa shape index (κ1) is 15.2. The van der Waals surface area contributed by atoms with E-state index in [-0.39, 0.29) is 23.3 Å². The number of nitrogens with zero attached hydrogens (tertiary/aromatic N) is 2. The van der Waals surface area contributed by atoms with Crippen LogP contribution in [0, 0.1) is 10.1 Å². The Morgan fingerprint density at radius 1 is 1.57 bits per heavy atom. The highest BCUT2D eigenvalue weighted by Crippen LogP contribution is 2.24. The van der Waals surface area contributed by atoms with Crippen molar-refractivity contribution in [3.05, 3.63) is 33.9 Å². The summed E-state index contributed by atoms with van der Waals surface area (Å²) in [6.45, 7) is 3.38. The van der Waals surface area contributed by atoms with Gasteiger partial charge in [-0.25, -0.2) is 0 Å². The first-order valence-electron chi connectivity index (χ1n) is 6.69. The highest BCUT2D eigenvalue weighted by molar-refractivity contribution is 5.99. The van der Waals surface area contributed by atoms with Gasteiger partial charge in [-0.2, -0.15) is 0 Å². The number of nitro benzene ring substituents is 1. The second-order valence-corrected chi connectivity index (χ2v) is 4.92. The van der Waals surface area contributed by atoms with E-state index in [1.807, 2.05) is 6.92 Å². The van der Waals surface area contributed by atoms with Crippen molar-refractivity contribution >= 4 is 17.3 Å². The van der Waals surface area contributed by atoms with Crippen molar-refractivity contribution < 1.29 is 14.5 Å². The van der Waals surface area contributed by atoms with E-state index in [9.17, 15) is 14.9 Å². The minimum atomic E-state index is -0.564. The zero-order chi connectivity index (χ0) is 15.4. The second kappa shape index (κ2) is 6.51. The van der Waals surface area contributed by atoms with Crippen LogP contribution in [0.5, 0.6) is 0 Å². The number of rotatable bonds is 3. The summed E-state index contributed by atoms with van der Waals surface area (Å²) in [6.07, 6.45) is 0.616. The molecule has 0 radical (unpaired) electrons. The largest absolute Gasteiger partial charge is 0.377 e. The van der Waals surface area contributed by atoms with E-state index in [1.54, 1.807) is 4.90 Å². The van der Waals surface area contributed by atoms with Crippen LogP contribution in [0.15, 0.2) is 18.2 Å². The Hall–Kier alpha value is -2.19. The number of carbonyl (C=O) groups excluding carboxylic acids is 1. The normalized spacial score (nSPS) is 19.0. The Balaban J connectivity index is 2.34. The van der Waals surface area contributed by atoms with Crippen LogP contribution in [0.2, 0.25) is 0 Å². The second-order valence-electron chi connectivity index (χ2n) is 4.92. The minimum Gasteiger partial charge on any atom is -0.377 e. The lowest BCUT2D eigenvalue weighted by Gasteiger charge is -2.22. The summed E-state index contributed by atoms with van der Waals surface area (Å²) < 4.78 is 5.48. The molecule has 8 heteroatoms. The summed E-state index contributed by atoms with van der Waals surface area (Å²) in [6, 6.07) is 4.14. The van der Waals surface area contributed by atoms with E-state index in [1.165, 1.54) is 18.2 Å². The van der Waals surface area contributed by atoms with Crippen molar-refractivity contribution in [1.82, 2.24) is 4.90 Å². The maximum atomic E-state index is 12.6. The fourth-order valence-corrected chi connectivity index (χ4v) is 2.31. The molecule has 1 amide bonds. The first-order chi connectivity index (χ1) is 10.0. The summed E-state index contributed by atoms with van der Waals surface area (Å²) in [5.74, 6) is 4.93. The lowest BCUT2D eigenvalue weighted by Crippen LogP contribution is -2.36. The zero-order valence-electron chi connectivity index (χ0n) is 11.7. The number of nitrogen functional groups attached to an aromatic ring is 1. The summed E-state index contributed by atoms with van der Waals surface area (Å²) in [7, 11) is 0. The summed E-state index contributed by atoms with van der Waals surface area (Å²) in [5.41, 5.74) is 2.65. The molecule has 1 fully saturated rings. The highest BCUT2D eigenvalue weighted by atomic mass is 16.6. The Morgan fingerprint density at radius 2 is 2.33 bits per heavy atom. The third kappa shape index (κ3) is 3.47. The van der Waals surface area contributed by atoms with Gasteiger partial charge in [0.2, 0.25) is 0 Å². The maximum absolute atomic E-state index is 12.6. The van der Waals surface area contributed by atoms with E-state index in [0.717, 1.165) is 0 Å². The number of nitro groups is 1. The van der Waals surface area contributed by atoms with Gasteiger partial charge in [0.1, 0.15) is 5.56 Å². The Labute approximate surface area is 122 Å². The quantitative estimate of drug-likeness (QED) is 0.491. The van der Waals surface area contributed by atoms with E-state index < -0.39 is 4.92 Å². The molecule has 0 spiro atoms. The fraction of sp³-hybridized carbons (Fsp3) is 0.462. The number of anilines is 1. The molecule has 1 aromatic rings. The number of amides is 1. The van der Waals surface area contributed by atoms with Crippen molar-refractivity contribution in [2.75, 3.05) is 25.1 Å². The van der Waals surface area contributed by atoms with Gasteiger partial charge in [-0.1, -0.05) is 0 Å². The molecule has 2 rings (SSSR count). The van der Waals surface area contributed by atoms with E-state index >= 15 is 0 Å². The van der Waals surface area contributed by atoms with Gasteiger partial charge in [-0.15, -0.1) is 0 Å². The van der Waals surface area contributed by atoms with Gasteiger partial charge >= 0.3 is 0 Å². The van der Waals surface area contributed by atoms with E-state index in [2.05, 4.69) is 5.43 Å². The van der Waals surface area contributed by atoms with Gasteiger partial charge < -0.3 is 15.1 Å². The van der Waals surface area contributed by atoms with Crippen LogP contribution in [0.4, 0.5) is 11.4 Å². The molecule has 1 aliphatic rings. The number of ether oxygens (including phenoxy) is 1. The highest BCUT2D eigenvalue weighted by Gasteiger charge is 2.27. The minimum absolute atomic E-state index is 0.0320. The molecule has 0 saturated carbocycles. The van der Waals surface area contributed by atoms with Crippen molar-refractivity contribution in [3.8, 4) is 0 Å². The molecule has 0 aromatic heterocycles. The summed E-state index contributed by atoms with van der Waals surface area (Å²) in [5, 5.41) is 11.1. The van der Waals surface area contributed by atoms with Gasteiger partial charge in [-0.3, -0.25) is 20.8 Å². The summed E-state index contributed by atoms with van der Waals surface area (Å²) in [4.78, 5) is 24.7. The first-order valence-corrected chi connectivity index (χ1v) is 6.69. The van der Waals surface area contributed by atoms with Gasteiger partial charge in [0.15, 0.2) is 0 Å². The molecular weight excluding hydrogens is 276 g/mol. The van der Waals surface area contributed by atoms with Crippen LogP contribution in [0.3, 0.4) is 0 Å². The van der Waals surface area contributed by atoms with Gasteiger partial charge in [-0.05, 0) is 25.5 Å². The van der Waals surface area contributed by atoms with E-state index in [0.29, 0.717) is 31.8 Å². The molecule has 3 N–H and O–H groups in total. The number of hydrazine groups is 1. The predicted octanol–water partition coefficient (Wildman–Crippen LogP) is 1.13. The van der Waals surface area contributed by atoms with Crippen LogP contribution in [0.25, 0.3) is 0 Å². The number of nitrogens with one attached hydrogen (secondary N) is 1. The SMILES string of the molecule is CC1CN(C(=O)c2cc(NN)ccc2[N+](=O)[O-])CCCO1. The number of carbonyl (C=O) groups is 1. The van der Waals surface area contributed by atoms with Crippen molar-refractivity contribution in [2.24, 2.45) is 5.84 Å². The standard InChI is InChI=1S/C13H18N4O4/c1-9-8-16(5-2-6-21-9)13(18)11-7-10(15-14)3-4-12(11)17(19)20/h3-4,7,9,15H,2,5-6,8,14H2,1H3. The Kier molecular flexibility index (Phi) is 4.71. The maximum Gasteiger partial charge on any atom is 0.282 e. The lowest BCUT2D eigenvalue weighted by molar-refractivity contribution is -0.385. The molecular formula is C13H18N4O4. The van der Waals surface area contributed by atoms with Gasteiger partial charge in [0, 0.05) is 31.5 Å². The van der Waals surface area contributed by atoms with Gasteiger partial charge in [0.05, 0.1) is 11.0 Å². The molecule has 1 heterocycles. The van der Waals surface area contributed by atoms with Crippen LogP contribution in [-0.4, -0.2) is 41.5 Å². The smallest absolute Gasteiger partial charge is 0.282 e. The number of nitrogens with two attached hydrogens (primary N) is 1. The molecule has 1 aliphatic heterocycles. The molecule has 0 aliphatic carbocycles. The molecule has 1 aromatic carbocycles. The zero-order valence-corrected chi connectivity index (χ0v) is 11.7. The molecule has 114 valence electrons. The topological polar surface area (TPSA) is 111 Å². The van der Waals surface area contributed by atoms with Gasteiger partial charge in [0.25, 0.3) is 11.6 Å². The van der Waals surface area contributed by atoms with Crippen molar-refractivity contribution in [2.45, 2.75) is 19.4 Å². The third-order valence-electron chi connectivity index (χ3n) is 3.33. The third-order valence-corrected chi connectivity index (χ3v) is 3.33. The van der Waals surface area contributed by atoms with Crippen LogP contribution >= 0.6 is 0 Å². The Morgan fingerprint density at radius 3 is 3.00 bits per heavy atom. The number of hydrogen-bond acceptors (Lipinski definition) is 6. The predicted molar refractivity (Wildman–Crippen MR) is 76.8 cm³/mol. The van der Waals surface area contributed by atoms with Crippen LogP contribution < -0.4 is 11.3 Å². The molecule has 1 saturated heterocycles. The Bertz CT molecular complexity index is 549. The van der Waals surface area contributed by atoms with Crippen molar-refractivity contribution in [1.29, 1.82) is 0 Å².